The van der Waals surface area contributed by atoms with Crippen LogP contribution in [0.3, 0.4) is 0 Å². The van der Waals surface area contributed by atoms with Gasteiger partial charge in [0, 0.05) is 30.8 Å². The third-order valence-electron chi connectivity index (χ3n) is 4.45. The third kappa shape index (κ3) is 5.31. The van der Waals surface area contributed by atoms with Crippen molar-refractivity contribution in [3.05, 3.63) is 24.3 Å². The zero-order valence-corrected chi connectivity index (χ0v) is 15.1. The Balaban J connectivity index is 2.05. The van der Waals surface area contributed by atoms with E-state index in [1.165, 1.54) is 6.92 Å². The number of carbonyl (C=O) groups is 3. The minimum absolute atomic E-state index is 0.0651. The summed E-state index contributed by atoms with van der Waals surface area (Å²) >= 11 is 0. The van der Waals surface area contributed by atoms with Crippen LogP contribution in [0.15, 0.2) is 24.3 Å². The number of amides is 3. The van der Waals surface area contributed by atoms with Crippen LogP contribution in [0.25, 0.3) is 0 Å². The number of carbonyl (C=O) groups excluding carboxylic acids is 3. The van der Waals surface area contributed by atoms with Gasteiger partial charge in [-0.2, -0.15) is 0 Å². The first-order chi connectivity index (χ1) is 11.8. The molecule has 1 fully saturated rings. The SMILES string of the molecule is CC(=O)Nc1ccc(NC(=O)C2(CC(=O)NC(C)C)CCCC2)cc1. The molecule has 0 spiro atoms. The molecule has 6 nitrogen and oxygen atoms in total. The van der Waals surface area contributed by atoms with E-state index < -0.39 is 5.41 Å². The highest BCUT2D eigenvalue weighted by atomic mass is 16.2. The van der Waals surface area contributed by atoms with E-state index in [4.69, 9.17) is 0 Å². The second kappa shape index (κ2) is 8.14. The van der Waals surface area contributed by atoms with Crippen molar-refractivity contribution in [2.75, 3.05) is 10.6 Å². The predicted octanol–water partition coefficient (Wildman–Crippen LogP) is 3.06. The minimum Gasteiger partial charge on any atom is -0.354 e. The molecule has 3 amide bonds. The standard InChI is InChI=1S/C19H27N3O3/c1-13(2)20-17(24)12-19(10-4-5-11-19)18(25)22-16-8-6-15(7-9-16)21-14(3)23/h6-9,13H,4-5,10-12H2,1-3H3,(H,20,24)(H,21,23)(H,22,25). The van der Waals surface area contributed by atoms with Crippen LogP contribution >= 0.6 is 0 Å². The summed E-state index contributed by atoms with van der Waals surface area (Å²) in [6.45, 7) is 5.27. The smallest absolute Gasteiger partial charge is 0.231 e. The van der Waals surface area contributed by atoms with Crippen LogP contribution in [-0.4, -0.2) is 23.8 Å². The second-order valence-corrected chi connectivity index (χ2v) is 7.10. The lowest BCUT2D eigenvalue weighted by molar-refractivity contribution is -0.132. The first kappa shape index (κ1) is 19.0. The molecule has 0 aliphatic heterocycles. The van der Waals surface area contributed by atoms with Crippen LogP contribution in [-0.2, 0) is 14.4 Å². The van der Waals surface area contributed by atoms with Crippen molar-refractivity contribution in [2.45, 2.75) is 58.9 Å². The van der Waals surface area contributed by atoms with Crippen LogP contribution in [0, 0.1) is 5.41 Å². The highest BCUT2D eigenvalue weighted by Crippen LogP contribution is 2.42. The van der Waals surface area contributed by atoms with Crippen molar-refractivity contribution in [3.8, 4) is 0 Å². The van der Waals surface area contributed by atoms with E-state index in [2.05, 4.69) is 16.0 Å². The van der Waals surface area contributed by atoms with Crippen LogP contribution in [0.5, 0.6) is 0 Å². The van der Waals surface area contributed by atoms with Crippen molar-refractivity contribution in [1.29, 1.82) is 0 Å². The molecule has 0 aromatic heterocycles. The first-order valence-corrected chi connectivity index (χ1v) is 8.79. The predicted molar refractivity (Wildman–Crippen MR) is 98.2 cm³/mol. The summed E-state index contributed by atoms with van der Waals surface area (Å²) in [6.07, 6.45) is 3.61. The van der Waals surface area contributed by atoms with Gasteiger partial charge < -0.3 is 16.0 Å². The molecule has 0 atom stereocenters. The molecule has 25 heavy (non-hydrogen) atoms. The van der Waals surface area contributed by atoms with Crippen LogP contribution in [0.2, 0.25) is 0 Å². The Morgan fingerprint density at radius 2 is 1.52 bits per heavy atom. The molecular formula is C19H27N3O3. The van der Waals surface area contributed by atoms with E-state index in [0.717, 1.165) is 25.7 Å². The van der Waals surface area contributed by atoms with E-state index >= 15 is 0 Å². The summed E-state index contributed by atoms with van der Waals surface area (Å²) < 4.78 is 0. The third-order valence-corrected chi connectivity index (χ3v) is 4.45. The Morgan fingerprint density at radius 3 is 2.00 bits per heavy atom. The molecule has 0 radical (unpaired) electrons. The lowest BCUT2D eigenvalue weighted by Crippen LogP contribution is -2.40. The maximum absolute atomic E-state index is 12.9. The largest absolute Gasteiger partial charge is 0.354 e. The van der Waals surface area contributed by atoms with Gasteiger partial charge in [-0.15, -0.1) is 0 Å². The summed E-state index contributed by atoms with van der Waals surface area (Å²) in [5, 5.41) is 8.50. The molecular weight excluding hydrogens is 318 g/mol. The summed E-state index contributed by atoms with van der Waals surface area (Å²) in [5.41, 5.74) is 0.710. The van der Waals surface area contributed by atoms with Gasteiger partial charge in [-0.3, -0.25) is 14.4 Å². The Morgan fingerprint density at radius 1 is 1.00 bits per heavy atom. The molecule has 3 N–H and O–H groups in total. The second-order valence-electron chi connectivity index (χ2n) is 7.10. The summed E-state index contributed by atoms with van der Waals surface area (Å²) in [5.74, 6) is -0.318. The highest BCUT2D eigenvalue weighted by Gasteiger charge is 2.42. The van der Waals surface area contributed by atoms with E-state index in [0.29, 0.717) is 11.4 Å². The Bertz CT molecular complexity index is 632. The number of anilines is 2. The maximum Gasteiger partial charge on any atom is 0.231 e. The quantitative estimate of drug-likeness (QED) is 0.740. The zero-order valence-electron chi connectivity index (χ0n) is 15.1. The van der Waals surface area contributed by atoms with Gasteiger partial charge in [-0.25, -0.2) is 0 Å². The van der Waals surface area contributed by atoms with Gasteiger partial charge in [0.05, 0.1) is 5.41 Å². The van der Waals surface area contributed by atoms with E-state index in [1.54, 1.807) is 24.3 Å². The zero-order chi connectivity index (χ0) is 18.4. The Kier molecular flexibility index (Phi) is 6.17. The van der Waals surface area contributed by atoms with E-state index in [1.807, 2.05) is 13.8 Å². The highest BCUT2D eigenvalue weighted by molar-refractivity contribution is 5.98. The average molecular weight is 345 g/mol. The average Bonchev–Trinajstić information content (AvgIpc) is 2.97. The lowest BCUT2D eigenvalue weighted by atomic mass is 9.81. The molecule has 0 saturated heterocycles. The van der Waals surface area contributed by atoms with Gasteiger partial charge in [0.15, 0.2) is 0 Å². The van der Waals surface area contributed by atoms with Crippen LogP contribution in [0.4, 0.5) is 11.4 Å². The lowest BCUT2D eigenvalue weighted by Gasteiger charge is -2.27. The molecule has 136 valence electrons. The molecule has 1 aromatic carbocycles. The number of rotatable bonds is 6. The molecule has 2 rings (SSSR count). The fraction of sp³-hybridized carbons (Fsp3) is 0.526. The molecule has 0 heterocycles. The maximum atomic E-state index is 12.9. The topological polar surface area (TPSA) is 87.3 Å². The summed E-state index contributed by atoms with van der Waals surface area (Å²) in [7, 11) is 0. The van der Waals surface area contributed by atoms with Gasteiger partial charge in [0.25, 0.3) is 0 Å². The summed E-state index contributed by atoms with van der Waals surface area (Å²) in [6, 6.07) is 7.04. The molecule has 1 aromatic rings. The number of nitrogens with one attached hydrogen (secondary N) is 3. The van der Waals surface area contributed by atoms with Crippen molar-refractivity contribution >= 4 is 29.1 Å². The molecule has 0 bridgehead atoms. The Labute approximate surface area is 148 Å². The number of benzene rings is 1. The molecule has 0 unspecified atom stereocenters. The molecule has 1 aliphatic carbocycles. The van der Waals surface area contributed by atoms with Crippen LogP contribution < -0.4 is 16.0 Å². The fourth-order valence-electron chi connectivity index (χ4n) is 3.32. The van der Waals surface area contributed by atoms with Crippen molar-refractivity contribution in [2.24, 2.45) is 5.41 Å². The van der Waals surface area contributed by atoms with E-state index in [9.17, 15) is 14.4 Å². The van der Waals surface area contributed by atoms with E-state index in [-0.39, 0.29) is 30.2 Å². The van der Waals surface area contributed by atoms with Crippen molar-refractivity contribution < 1.29 is 14.4 Å². The summed E-state index contributed by atoms with van der Waals surface area (Å²) in [4.78, 5) is 36.1. The van der Waals surface area contributed by atoms with Gasteiger partial charge in [0.2, 0.25) is 17.7 Å². The molecule has 1 saturated carbocycles. The number of hydrogen-bond donors (Lipinski definition) is 3. The monoisotopic (exact) mass is 345 g/mol. The fourth-order valence-corrected chi connectivity index (χ4v) is 3.32. The first-order valence-electron chi connectivity index (χ1n) is 8.79. The normalized spacial score (nSPS) is 15.7. The number of hydrogen-bond acceptors (Lipinski definition) is 3. The van der Waals surface area contributed by atoms with Crippen LogP contribution in [0.1, 0.15) is 52.9 Å². The van der Waals surface area contributed by atoms with Gasteiger partial charge >= 0.3 is 0 Å². The Hall–Kier alpha value is -2.37. The molecule has 6 heteroatoms. The van der Waals surface area contributed by atoms with Crippen molar-refractivity contribution in [1.82, 2.24) is 5.32 Å². The van der Waals surface area contributed by atoms with Gasteiger partial charge in [-0.05, 0) is 51.0 Å². The molecule has 1 aliphatic rings. The van der Waals surface area contributed by atoms with Crippen molar-refractivity contribution in [3.63, 3.8) is 0 Å². The van der Waals surface area contributed by atoms with Gasteiger partial charge in [0.1, 0.15) is 0 Å². The minimum atomic E-state index is -0.630. The van der Waals surface area contributed by atoms with Gasteiger partial charge in [-0.1, -0.05) is 12.8 Å².